The first-order chi connectivity index (χ1) is 36.2. The van der Waals surface area contributed by atoms with Crippen LogP contribution in [0.4, 0.5) is 0 Å². The van der Waals surface area contributed by atoms with Gasteiger partial charge in [-0.2, -0.15) is 0 Å². The predicted molar refractivity (Wildman–Crippen MR) is 294 cm³/mol. The van der Waals surface area contributed by atoms with Gasteiger partial charge in [0.2, 0.25) is 0 Å². The number of unbranched alkanes of at least 4 members (excludes halogenated alkanes) is 31. The van der Waals surface area contributed by atoms with E-state index in [1.54, 1.807) is 0 Å². The second kappa shape index (κ2) is 51.5. The topological polar surface area (TPSA) is 237 Å². The van der Waals surface area contributed by atoms with E-state index in [-0.39, 0.29) is 25.7 Å². The van der Waals surface area contributed by atoms with Gasteiger partial charge in [-0.1, -0.05) is 227 Å². The quantitative estimate of drug-likeness (QED) is 0.0222. The summed E-state index contributed by atoms with van der Waals surface area (Å²) in [6.07, 6.45) is 33.6. The SMILES string of the molecule is CCCCCCCCCCCCCCC(=O)O[C@H](COC(=O)CCCCCCCCCC)COP(=O)(O)OC[C@@H](O)COP(=O)(O)OC[C@@H](COC(=O)CCCCCCCCC)OC(=O)CCCCCCCCCC. The summed E-state index contributed by atoms with van der Waals surface area (Å²) < 4.78 is 67.4. The first-order valence-corrected chi connectivity index (χ1v) is 32.8. The molecule has 0 aromatic heterocycles. The molecule has 0 amide bonds. The van der Waals surface area contributed by atoms with Crippen LogP contribution in [-0.2, 0) is 65.4 Å². The summed E-state index contributed by atoms with van der Waals surface area (Å²) in [4.78, 5) is 71.5. The van der Waals surface area contributed by atoms with E-state index in [9.17, 15) is 43.2 Å². The van der Waals surface area contributed by atoms with Crippen molar-refractivity contribution in [3.8, 4) is 0 Å². The summed E-state index contributed by atoms with van der Waals surface area (Å²) in [5, 5.41) is 10.5. The van der Waals surface area contributed by atoms with Crippen LogP contribution in [0.2, 0.25) is 0 Å². The summed E-state index contributed by atoms with van der Waals surface area (Å²) in [6.45, 7) is 4.74. The molecule has 0 aliphatic rings. The maximum absolute atomic E-state index is 12.9. The molecule has 0 spiro atoms. The van der Waals surface area contributed by atoms with Gasteiger partial charge in [-0.3, -0.25) is 37.3 Å². The Morgan fingerprint density at radius 1 is 0.320 bits per heavy atom. The number of ether oxygens (including phenoxy) is 4. The third-order valence-electron chi connectivity index (χ3n) is 12.9. The maximum Gasteiger partial charge on any atom is 0.472 e. The molecule has 2 unspecified atom stereocenters. The highest BCUT2D eigenvalue weighted by molar-refractivity contribution is 7.47. The molecular weight excluding hydrogens is 1010 g/mol. The minimum absolute atomic E-state index is 0.105. The molecule has 17 nitrogen and oxygen atoms in total. The lowest BCUT2D eigenvalue weighted by Gasteiger charge is -2.21. The zero-order chi connectivity index (χ0) is 55.5. The van der Waals surface area contributed by atoms with Crippen LogP contribution in [0.1, 0.15) is 278 Å². The summed E-state index contributed by atoms with van der Waals surface area (Å²) >= 11 is 0. The Bertz CT molecular complexity index is 1470. The Labute approximate surface area is 454 Å². The summed E-state index contributed by atoms with van der Waals surface area (Å²) in [5.74, 6) is -2.15. The van der Waals surface area contributed by atoms with E-state index in [1.165, 1.54) is 83.5 Å². The van der Waals surface area contributed by atoms with E-state index < -0.39 is 97.5 Å². The average molecular weight is 1120 g/mol. The average Bonchev–Trinajstić information content (AvgIpc) is 3.38. The van der Waals surface area contributed by atoms with Crippen molar-refractivity contribution < 1.29 is 80.2 Å². The molecular formula is C56H108O17P2. The highest BCUT2D eigenvalue weighted by Crippen LogP contribution is 2.45. The molecule has 19 heteroatoms. The molecule has 0 aliphatic heterocycles. The van der Waals surface area contributed by atoms with Gasteiger partial charge in [0.15, 0.2) is 12.2 Å². The number of carbonyl (C=O) groups is 4. The summed E-state index contributed by atoms with van der Waals surface area (Å²) in [7, 11) is -9.86. The zero-order valence-corrected chi connectivity index (χ0v) is 49.3. The number of hydrogen-bond acceptors (Lipinski definition) is 15. The van der Waals surface area contributed by atoms with Crippen molar-refractivity contribution in [3.05, 3.63) is 0 Å². The molecule has 0 aliphatic carbocycles. The van der Waals surface area contributed by atoms with Crippen LogP contribution in [0.15, 0.2) is 0 Å². The molecule has 0 heterocycles. The lowest BCUT2D eigenvalue weighted by molar-refractivity contribution is -0.161. The van der Waals surface area contributed by atoms with Crippen molar-refractivity contribution >= 4 is 39.5 Å². The molecule has 5 atom stereocenters. The minimum atomic E-state index is -4.93. The van der Waals surface area contributed by atoms with Crippen LogP contribution >= 0.6 is 15.6 Å². The van der Waals surface area contributed by atoms with Gasteiger partial charge in [-0.15, -0.1) is 0 Å². The Hall–Kier alpha value is -1.94. The number of esters is 4. The van der Waals surface area contributed by atoms with Crippen molar-refractivity contribution in [2.24, 2.45) is 0 Å². The number of phosphoric ester groups is 2. The lowest BCUT2D eigenvalue weighted by Crippen LogP contribution is -2.30. The maximum atomic E-state index is 12.9. The molecule has 0 fully saturated rings. The fraction of sp³-hybridized carbons (Fsp3) is 0.929. The van der Waals surface area contributed by atoms with E-state index in [4.69, 9.17) is 37.0 Å². The van der Waals surface area contributed by atoms with Crippen LogP contribution in [0.3, 0.4) is 0 Å². The van der Waals surface area contributed by atoms with E-state index in [0.717, 1.165) is 116 Å². The highest BCUT2D eigenvalue weighted by Gasteiger charge is 2.30. The Balaban J connectivity index is 5.19. The number of hydrogen-bond donors (Lipinski definition) is 3. The summed E-state index contributed by atoms with van der Waals surface area (Å²) in [6, 6.07) is 0. The van der Waals surface area contributed by atoms with Crippen LogP contribution in [-0.4, -0.2) is 96.7 Å². The van der Waals surface area contributed by atoms with Crippen LogP contribution in [0, 0.1) is 0 Å². The number of aliphatic hydroxyl groups excluding tert-OH is 1. The largest absolute Gasteiger partial charge is 0.472 e. The van der Waals surface area contributed by atoms with E-state index in [1.807, 2.05) is 0 Å². The number of aliphatic hydroxyl groups is 1. The van der Waals surface area contributed by atoms with Gasteiger partial charge in [0.1, 0.15) is 19.3 Å². The number of phosphoric acid groups is 2. The normalized spacial score (nSPS) is 14.4. The molecule has 444 valence electrons. The second-order valence-electron chi connectivity index (χ2n) is 20.3. The van der Waals surface area contributed by atoms with E-state index in [2.05, 4.69) is 27.7 Å². The third kappa shape index (κ3) is 51.3. The van der Waals surface area contributed by atoms with Crippen molar-refractivity contribution in [2.45, 2.75) is 296 Å². The first-order valence-electron chi connectivity index (χ1n) is 29.8. The Morgan fingerprint density at radius 2 is 0.533 bits per heavy atom. The monoisotopic (exact) mass is 1110 g/mol. The van der Waals surface area contributed by atoms with E-state index in [0.29, 0.717) is 25.7 Å². The van der Waals surface area contributed by atoms with Gasteiger partial charge in [0, 0.05) is 25.7 Å². The third-order valence-corrected chi connectivity index (χ3v) is 14.8. The van der Waals surface area contributed by atoms with Crippen molar-refractivity contribution in [1.29, 1.82) is 0 Å². The first kappa shape index (κ1) is 73.1. The molecule has 0 radical (unpaired) electrons. The fourth-order valence-electron chi connectivity index (χ4n) is 8.22. The van der Waals surface area contributed by atoms with Gasteiger partial charge >= 0.3 is 39.5 Å². The molecule has 75 heavy (non-hydrogen) atoms. The number of carbonyl (C=O) groups excluding carboxylic acids is 4. The molecule has 0 bridgehead atoms. The van der Waals surface area contributed by atoms with Crippen LogP contribution < -0.4 is 0 Å². The minimum Gasteiger partial charge on any atom is -0.462 e. The van der Waals surface area contributed by atoms with Gasteiger partial charge in [0.05, 0.1) is 26.4 Å². The summed E-state index contributed by atoms with van der Waals surface area (Å²) in [5.41, 5.74) is 0. The van der Waals surface area contributed by atoms with Crippen molar-refractivity contribution in [3.63, 3.8) is 0 Å². The second-order valence-corrected chi connectivity index (χ2v) is 23.2. The molecule has 0 saturated carbocycles. The molecule has 0 saturated heterocycles. The van der Waals surface area contributed by atoms with Gasteiger partial charge in [0.25, 0.3) is 0 Å². The molecule has 0 rings (SSSR count). The smallest absolute Gasteiger partial charge is 0.462 e. The van der Waals surface area contributed by atoms with Crippen LogP contribution in [0.5, 0.6) is 0 Å². The van der Waals surface area contributed by atoms with Crippen molar-refractivity contribution in [2.75, 3.05) is 39.6 Å². The Morgan fingerprint density at radius 3 is 0.787 bits per heavy atom. The predicted octanol–water partition coefficient (Wildman–Crippen LogP) is 14.8. The zero-order valence-electron chi connectivity index (χ0n) is 47.5. The molecule has 3 N–H and O–H groups in total. The van der Waals surface area contributed by atoms with Crippen molar-refractivity contribution in [1.82, 2.24) is 0 Å². The fourth-order valence-corrected chi connectivity index (χ4v) is 9.80. The lowest BCUT2D eigenvalue weighted by atomic mass is 10.0. The molecule has 0 aromatic carbocycles. The van der Waals surface area contributed by atoms with Gasteiger partial charge < -0.3 is 33.8 Å². The van der Waals surface area contributed by atoms with E-state index >= 15 is 0 Å². The van der Waals surface area contributed by atoms with Gasteiger partial charge in [-0.25, -0.2) is 9.13 Å². The number of rotatable bonds is 57. The Kier molecular flexibility index (Phi) is 50.2. The van der Waals surface area contributed by atoms with Crippen LogP contribution in [0.25, 0.3) is 0 Å². The van der Waals surface area contributed by atoms with Gasteiger partial charge in [-0.05, 0) is 25.7 Å². The standard InChI is InChI=1S/C56H108O17P2/c1-5-9-13-17-21-24-25-26-27-31-35-39-43-56(61)73-52(47-67-54(59)41-37-33-29-22-18-14-10-6-2)49-71-75(64,65)69-45-50(57)44-68-74(62,63)70-48-51(46-66-53(58)40-36-32-28-20-16-12-8-4)72-55(60)42-38-34-30-23-19-15-11-7-3/h50-52,57H,5-49H2,1-4H3,(H,62,63)(H,64,65)/t50-,51+,52+/m0/s1. The highest BCUT2D eigenvalue weighted by atomic mass is 31.2. The molecule has 0 aromatic rings.